The van der Waals surface area contributed by atoms with Crippen LogP contribution in [-0.4, -0.2) is 39.5 Å². The molecule has 1 N–H and O–H groups in total. The Bertz CT molecular complexity index is 741. The molecule has 0 saturated heterocycles. The molecular weight excluding hydrogens is 324 g/mol. The summed E-state index contributed by atoms with van der Waals surface area (Å²) in [5.74, 6) is 0.572. The molecular formula is C19H22O6. The molecule has 6 nitrogen and oxygen atoms in total. The first-order valence-electron chi connectivity index (χ1n) is 7.69. The zero-order valence-electron chi connectivity index (χ0n) is 14.7. The number of ether oxygens (including phenoxy) is 4. The molecule has 25 heavy (non-hydrogen) atoms. The van der Waals surface area contributed by atoms with Gasteiger partial charge < -0.3 is 24.1 Å². The van der Waals surface area contributed by atoms with Crippen LogP contribution in [0.4, 0.5) is 0 Å². The fourth-order valence-corrected chi connectivity index (χ4v) is 2.68. The van der Waals surface area contributed by atoms with Gasteiger partial charge in [0.15, 0.2) is 0 Å². The van der Waals surface area contributed by atoms with Crippen molar-refractivity contribution in [1.82, 2.24) is 0 Å². The molecule has 2 aromatic carbocycles. The summed E-state index contributed by atoms with van der Waals surface area (Å²) in [7, 11) is 6.16. The van der Waals surface area contributed by atoms with Crippen molar-refractivity contribution in [2.75, 3.05) is 28.4 Å². The Morgan fingerprint density at radius 2 is 1.44 bits per heavy atom. The first-order chi connectivity index (χ1) is 12.0. The van der Waals surface area contributed by atoms with Gasteiger partial charge in [0, 0.05) is 17.7 Å². The van der Waals surface area contributed by atoms with Gasteiger partial charge >= 0.3 is 5.97 Å². The maximum atomic E-state index is 11.9. The molecule has 0 fully saturated rings. The summed E-state index contributed by atoms with van der Waals surface area (Å²) >= 11 is 0. The second-order valence-corrected chi connectivity index (χ2v) is 5.38. The van der Waals surface area contributed by atoms with Gasteiger partial charge in [0.05, 0.1) is 34.4 Å². The fraction of sp³-hybridized carbons (Fsp3) is 0.316. The van der Waals surface area contributed by atoms with E-state index in [-0.39, 0.29) is 6.42 Å². The zero-order valence-corrected chi connectivity index (χ0v) is 14.7. The first-order valence-corrected chi connectivity index (χ1v) is 7.69. The van der Waals surface area contributed by atoms with Crippen molar-refractivity contribution < 1.29 is 28.8 Å². The first kappa shape index (κ1) is 18.4. The largest absolute Gasteiger partial charge is 0.497 e. The molecule has 0 bridgehead atoms. The van der Waals surface area contributed by atoms with Gasteiger partial charge in [-0.05, 0) is 24.1 Å². The quantitative estimate of drug-likeness (QED) is 0.791. The Morgan fingerprint density at radius 1 is 0.880 bits per heavy atom. The monoisotopic (exact) mass is 346 g/mol. The van der Waals surface area contributed by atoms with E-state index < -0.39 is 11.9 Å². The van der Waals surface area contributed by atoms with Crippen LogP contribution >= 0.6 is 0 Å². The van der Waals surface area contributed by atoms with Crippen LogP contribution < -0.4 is 18.9 Å². The molecule has 0 aliphatic heterocycles. The number of benzene rings is 2. The number of hydrogen-bond acceptors (Lipinski definition) is 5. The number of aliphatic carboxylic acids is 1. The lowest BCUT2D eigenvalue weighted by molar-refractivity contribution is -0.138. The van der Waals surface area contributed by atoms with Crippen molar-refractivity contribution in [3.05, 3.63) is 47.5 Å². The van der Waals surface area contributed by atoms with E-state index >= 15 is 0 Å². The molecule has 0 radical (unpaired) electrons. The highest BCUT2D eigenvalue weighted by Crippen LogP contribution is 2.35. The molecule has 0 aromatic heterocycles. The Kier molecular flexibility index (Phi) is 6.11. The minimum Gasteiger partial charge on any atom is -0.497 e. The van der Waals surface area contributed by atoms with E-state index in [0.717, 1.165) is 5.56 Å². The van der Waals surface area contributed by atoms with E-state index in [1.54, 1.807) is 51.7 Å². The molecule has 6 heteroatoms. The SMILES string of the molecule is COc1ccc(CC(C(=O)O)c2ccc(OC)cc2OC)c(OC)c1. The summed E-state index contributed by atoms with van der Waals surface area (Å²) in [4.78, 5) is 11.9. The van der Waals surface area contributed by atoms with Crippen LogP contribution in [0.1, 0.15) is 17.0 Å². The van der Waals surface area contributed by atoms with Crippen LogP contribution in [0.5, 0.6) is 23.0 Å². The van der Waals surface area contributed by atoms with Crippen molar-refractivity contribution in [2.45, 2.75) is 12.3 Å². The van der Waals surface area contributed by atoms with Gasteiger partial charge in [-0.2, -0.15) is 0 Å². The van der Waals surface area contributed by atoms with Crippen LogP contribution in [0.25, 0.3) is 0 Å². The third kappa shape index (κ3) is 4.15. The van der Waals surface area contributed by atoms with Gasteiger partial charge in [-0.3, -0.25) is 4.79 Å². The Balaban J connectivity index is 2.42. The smallest absolute Gasteiger partial charge is 0.311 e. The van der Waals surface area contributed by atoms with Crippen LogP contribution in [-0.2, 0) is 11.2 Å². The van der Waals surface area contributed by atoms with Crippen LogP contribution in [0.3, 0.4) is 0 Å². The van der Waals surface area contributed by atoms with Gasteiger partial charge in [-0.1, -0.05) is 12.1 Å². The van der Waals surface area contributed by atoms with E-state index in [2.05, 4.69) is 0 Å². The summed E-state index contributed by atoms with van der Waals surface area (Å²) in [6.45, 7) is 0. The van der Waals surface area contributed by atoms with E-state index in [4.69, 9.17) is 18.9 Å². The van der Waals surface area contributed by atoms with E-state index in [1.165, 1.54) is 7.11 Å². The maximum absolute atomic E-state index is 11.9. The van der Waals surface area contributed by atoms with Gasteiger partial charge in [0.25, 0.3) is 0 Å². The predicted molar refractivity (Wildman–Crippen MR) is 93.2 cm³/mol. The summed E-state index contributed by atoms with van der Waals surface area (Å²) in [5.41, 5.74) is 1.35. The summed E-state index contributed by atoms with van der Waals surface area (Å²) in [6, 6.07) is 10.4. The van der Waals surface area contributed by atoms with Gasteiger partial charge in [-0.15, -0.1) is 0 Å². The number of carboxylic acids is 1. The Labute approximate surface area is 146 Å². The lowest BCUT2D eigenvalue weighted by atomic mass is 9.90. The lowest BCUT2D eigenvalue weighted by Crippen LogP contribution is -2.16. The summed E-state index contributed by atoms with van der Waals surface area (Å²) < 4.78 is 21.1. The second kappa shape index (κ2) is 8.28. The molecule has 0 aliphatic carbocycles. The highest BCUT2D eigenvalue weighted by molar-refractivity contribution is 5.78. The van der Waals surface area contributed by atoms with Gasteiger partial charge in [-0.25, -0.2) is 0 Å². The summed E-state index contributed by atoms with van der Waals surface area (Å²) in [6.07, 6.45) is 0.255. The third-order valence-electron chi connectivity index (χ3n) is 4.03. The second-order valence-electron chi connectivity index (χ2n) is 5.38. The van der Waals surface area contributed by atoms with Crippen molar-refractivity contribution >= 4 is 5.97 Å². The van der Waals surface area contributed by atoms with Gasteiger partial charge in [0.1, 0.15) is 23.0 Å². The van der Waals surface area contributed by atoms with Crippen LogP contribution in [0.15, 0.2) is 36.4 Å². The molecule has 2 rings (SSSR count). The number of methoxy groups -OCH3 is 4. The van der Waals surface area contributed by atoms with E-state index in [0.29, 0.717) is 28.6 Å². The molecule has 2 aromatic rings. The molecule has 0 spiro atoms. The predicted octanol–water partition coefficient (Wildman–Crippen LogP) is 3.13. The number of carboxylic acid groups (broad SMARTS) is 1. The normalized spacial score (nSPS) is 11.5. The van der Waals surface area contributed by atoms with Crippen molar-refractivity contribution in [1.29, 1.82) is 0 Å². The topological polar surface area (TPSA) is 74.2 Å². The molecule has 1 unspecified atom stereocenters. The standard InChI is InChI=1S/C19H22O6/c1-22-13-6-5-12(17(10-13)24-3)9-16(19(20)21)15-8-7-14(23-2)11-18(15)25-4/h5-8,10-11,16H,9H2,1-4H3,(H,20,21). The average Bonchev–Trinajstić information content (AvgIpc) is 2.65. The minimum atomic E-state index is -0.943. The van der Waals surface area contributed by atoms with Crippen molar-refractivity contribution in [2.24, 2.45) is 0 Å². The molecule has 1 atom stereocenters. The fourth-order valence-electron chi connectivity index (χ4n) is 2.68. The highest BCUT2D eigenvalue weighted by atomic mass is 16.5. The Hall–Kier alpha value is -2.89. The molecule has 0 saturated carbocycles. The highest BCUT2D eigenvalue weighted by Gasteiger charge is 2.25. The Morgan fingerprint density at radius 3 is 1.96 bits per heavy atom. The van der Waals surface area contributed by atoms with E-state index in [1.807, 2.05) is 6.07 Å². The summed E-state index contributed by atoms with van der Waals surface area (Å²) in [5, 5.41) is 9.75. The molecule has 0 aliphatic rings. The number of rotatable bonds is 8. The maximum Gasteiger partial charge on any atom is 0.311 e. The number of carbonyl (C=O) groups is 1. The molecule has 0 amide bonds. The lowest BCUT2D eigenvalue weighted by Gasteiger charge is -2.18. The average molecular weight is 346 g/mol. The zero-order chi connectivity index (χ0) is 18.4. The third-order valence-corrected chi connectivity index (χ3v) is 4.03. The van der Waals surface area contributed by atoms with Crippen LogP contribution in [0, 0.1) is 0 Å². The molecule has 0 heterocycles. The van der Waals surface area contributed by atoms with Gasteiger partial charge in [0.2, 0.25) is 0 Å². The molecule has 134 valence electrons. The van der Waals surface area contributed by atoms with Crippen molar-refractivity contribution in [3.63, 3.8) is 0 Å². The van der Waals surface area contributed by atoms with Crippen LogP contribution in [0.2, 0.25) is 0 Å². The van der Waals surface area contributed by atoms with E-state index in [9.17, 15) is 9.90 Å². The minimum absolute atomic E-state index is 0.255. The van der Waals surface area contributed by atoms with Crippen molar-refractivity contribution in [3.8, 4) is 23.0 Å². The number of hydrogen-bond donors (Lipinski definition) is 1.